The topological polar surface area (TPSA) is 66.7 Å². The van der Waals surface area contributed by atoms with Gasteiger partial charge in [0.1, 0.15) is 11.4 Å². The highest BCUT2D eigenvalue weighted by molar-refractivity contribution is 7.99. The molecule has 1 aromatic heterocycles. The maximum atomic E-state index is 12.5. The van der Waals surface area contributed by atoms with Crippen LogP contribution in [-0.4, -0.2) is 51.1 Å². The van der Waals surface area contributed by atoms with Gasteiger partial charge in [-0.25, -0.2) is 4.98 Å². The molecule has 1 aromatic rings. The fourth-order valence-corrected chi connectivity index (χ4v) is 3.86. The van der Waals surface area contributed by atoms with E-state index in [1.807, 2.05) is 30.6 Å². The van der Waals surface area contributed by atoms with E-state index >= 15 is 0 Å². The predicted octanol–water partition coefficient (Wildman–Crippen LogP) is 1.56. The lowest BCUT2D eigenvalue weighted by Gasteiger charge is -2.35. The Morgan fingerprint density at radius 3 is 2.86 bits per heavy atom. The van der Waals surface area contributed by atoms with Gasteiger partial charge < -0.3 is 14.2 Å². The lowest BCUT2D eigenvalue weighted by Crippen LogP contribution is -2.50. The molecule has 1 atom stereocenters. The van der Waals surface area contributed by atoms with Crippen LogP contribution in [0.3, 0.4) is 0 Å². The summed E-state index contributed by atoms with van der Waals surface area (Å²) < 4.78 is 5.47. The first-order chi connectivity index (χ1) is 9.91. The Kier molecular flexibility index (Phi) is 3.47. The zero-order valence-electron chi connectivity index (χ0n) is 12.5. The van der Waals surface area contributed by atoms with E-state index in [0.29, 0.717) is 24.7 Å². The molecular weight excluding hydrogens is 290 g/mol. The highest BCUT2D eigenvalue weighted by atomic mass is 32.2. The summed E-state index contributed by atoms with van der Waals surface area (Å²) in [7, 11) is 0. The number of thioether (sulfide) groups is 1. The molecule has 0 bridgehead atoms. The van der Waals surface area contributed by atoms with Gasteiger partial charge in [0.05, 0.1) is 11.4 Å². The number of oxazole rings is 1. The zero-order valence-corrected chi connectivity index (χ0v) is 13.3. The monoisotopic (exact) mass is 309 g/mol. The lowest BCUT2D eigenvalue weighted by atomic mass is 10.1. The smallest absolute Gasteiger partial charge is 0.256 e. The Morgan fingerprint density at radius 2 is 2.19 bits per heavy atom. The summed E-state index contributed by atoms with van der Waals surface area (Å²) >= 11 is 1.31. The Labute approximate surface area is 127 Å². The van der Waals surface area contributed by atoms with Crippen molar-refractivity contribution in [3.63, 3.8) is 0 Å². The van der Waals surface area contributed by atoms with Crippen LogP contribution in [0.4, 0.5) is 0 Å². The molecular formula is C14H19N3O3S. The first kappa shape index (κ1) is 14.4. The number of carbonyl (C=O) groups is 2. The number of hydrogen-bond donors (Lipinski definition) is 0. The van der Waals surface area contributed by atoms with E-state index in [9.17, 15) is 9.59 Å². The van der Waals surface area contributed by atoms with Crippen molar-refractivity contribution in [2.75, 3.05) is 18.8 Å². The van der Waals surface area contributed by atoms with Crippen molar-refractivity contribution in [2.45, 2.75) is 44.5 Å². The van der Waals surface area contributed by atoms with E-state index in [0.717, 1.165) is 17.9 Å². The molecule has 1 unspecified atom stereocenters. The van der Waals surface area contributed by atoms with E-state index in [4.69, 9.17) is 4.42 Å². The van der Waals surface area contributed by atoms with Crippen LogP contribution in [0, 0.1) is 13.8 Å². The summed E-state index contributed by atoms with van der Waals surface area (Å²) in [6, 6.07) is 0. The highest BCUT2D eigenvalue weighted by Gasteiger charge is 2.51. The average molecular weight is 309 g/mol. The van der Waals surface area contributed by atoms with Crippen LogP contribution in [0.25, 0.3) is 0 Å². The minimum absolute atomic E-state index is 0.0354. The van der Waals surface area contributed by atoms with Gasteiger partial charge >= 0.3 is 0 Å². The van der Waals surface area contributed by atoms with Gasteiger partial charge in [0.25, 0.3) is 5.22 Å². The largest absolute Gasteiger partial charge is 0.437 e. The summed E-state index contributed by atoms with van der Waals surface area (Å²) in [5.74, 6) is 1.26. The van der Waals surface area contributed by atoms with E-state index in [1.54, 1.807) is 0 Å². The van der Waals surface area contributed by atoms with Gasteiger partial charge in [-0.1, -0.05) is 11.8 Å². The molecule has 21 heavy (non-hydrogen) atoms. The van der Waals surface area contributed by atoms with Gasteiger partial charge in [-0.05, 0) is 27.2 Å². The number of aryl methyl sites for hydroxylation is 2. The average Bonchev–Trinajstić information content (AvgIpc) is 3.03. The number of fused-ring (bicyclic) bond motifs is 1. The van der Waals surface area contributed by atoms with Gasteiger partial charge in [-0.2, -0.15) is 0 Å². The van der Waals surface area contributed by atoms with Crippen LogP contribution in [0.5, 0.6) is 0 Å². The van der Waals surface area contributed by atoms with Crippen molar-refractivity contribution < 1.29 is 14.0 Å². The summed E-state index contributed by atoms with van der Waals surface area (Å²) in [6.45, 7) is 6.98. The summed E-state index contributed by atoms with van der Waals surface area (Å²) in [4.78, 5) is 32.2. The molecule has 0 aliphatic carbocycles. The minimum Gasteiger partial charge on any atom is -0.437 e. The third-order valence-electron chi connectivity index (χ3n) is 4.45. The first-order valence-corrected chi connectivity index (χ1v) is 8.08. The second-order valence-electron chi connectivity index (χ2n) is 5.72. The molecule has 3 rings (SSSR count). The SMILES string of the molecule is Cc1nc(SCC(=O)N2CCN3C(=O)CCC32C)oc1C. The molecule has 7 heteroatoms. The van der Waals surface area contributed by atoms with Crippen molar-refractivity contribution in [3.8, 4) is 0 Å². The highest BCUT2D eigenvalue weighted by Crippen LogP contribution is 2.37. The van der Waals surface area contributed by atoms with Gasteiger partial charge in [0.15, 0.2) is 0 Å². The second kappa shape index (κ2) is 5.05. The van der Waals surface area contributed by atoms with Crippen LogP contribution >= 0.6 is 11.8 Å². The predicted molar refractivity (Wildman–Crippen MR) is 77.8 cm³/mol. The third-order valence-corrected chi connectivity index (χ3v) is 5.27. The van der Waals surface area contributed by atoms with Crippen LogP contribution in [-0.2, 0) is 9.59 Å². The number of rotatable bonds is 3. The number of aromatic nitrogens is 1. The number of amides is 2. The van der Waals surface area contributed by atoms with Crippen LogP contribution < -0.4 is 0 Å². The van der Waals surface area contributed by atoms with Gasteiger partial charge in [-0.3, -0.25) is 9.59 Å². The molecule has 0 spiro atoms. The standard InChI is InChI=1S/C14H19N3O3S/c1-9-10(2)20-13(15-9)21-8-12(19)17-7-6-16-11(18)4-5-14(16,17)3/h4-8H2,1-3H3. The molecule has 2 aliphatic rings. The minimum atomic E-state index is -0.433. The molecule has 114 valence electrons. The first-order valence-electron chi connectivity index (χ1n) is 7.09. The zero-order chi connectivity index (χ0) is 15.2. The normalized spacial score (nSPS) is 24.8. The summed E-state index contributed by atoms with van der Waals surface area (Å²) in [5.41, 5.74) is 0.419. The van der Waals surface area contributed by atoms with E-state index in [-0.39, 0.29) is 17.6 Å². The molecule has 0 saturated carbocycles. The fraction of sp³-hybridized carbons (Fsp3) is 0.643. The van der Waals surface area contributed by atoms with E-state index in [1.165, 1.54) is 11.8 Å². The summed E-state index contributed by atoms with van der Waals surface area (Å²) in [6.07, 6.45) is 1.25. The maximum Gasteiger partial charge on any atom is 0.256 e. The Bertz CT molecular complexity index is 581. The molecule has 6 nitrogen and oxygen atoms in total. The third kappa shape index (κ3) is 2.33. The van der Waals surface area contributed by atoms with Gasteiger partial charge in [-0.15, -0.1) is 0 Å². The van der Waals surface area contributed by atoms with Crippen LogP contribution in [0.2, 0.25) is 0 Å². The quantitative estimate of drug-likeness (QED) is 0.793. The van der Waals surface area contributed by atoms with Crippen molar-refractivity contribution in [3.05, 3.63) is 11.5 Å². The molecule has 0 radical (unpaired) electrons. The second-order valence-corrected chi connectivity index (χ2v) is 6.64. The molecule has 0 N–H and O–H groups in total. The lowest BCUT2D eigenvalue weighted by molar-refractivity contribution is -0.138. The van der Waals surface area contributed by atoms with E-state index in [2.05, 4.69) is 4.98 Å². The Hall–Kier alpha value is -1.50. The molecule has 2 aliphatic heterocycles. The molecule has 2 saturated heterocycles. The van der Waals surface area contributed by atoms with Gasteiger partial charge in [0.2, 0.25) is 11.8 Å². The molecule has 3 heterocycles. The van der Waals surface area contributed by atoms with Crippen molar-refractivity contribution >= 4 is 23.6 Å². The van der Waals surface area contributed by atoms with Gasteiger partial charge in [0, 0.05) is 19.5 Å². The number of hydrogen-bond acceptors (Lipinski definition) is 5. The van der Waals surface area contributed by atoms with Crippen molar-refractivity contribution in [1.29, 1.82) is 0 Å². The Balaban J connectivity index is 1.65. The number of carbonyl (C=O) groups excluding carboxylic acids is 2. The molecule has 2 fully saturated rings. The number of nitrogens with zero attached hydrogens (tertiary/aromatic N) is 3. The fourth-order valence-electron chi connectivity index (χ4n) is 3.07. The summed E-state index contributed by atoms with van der Waals surface area (Å²) in [5, 5.41) is 0.530. The molecule has 2 amide bonds. The maximum absolute atomic E-state index is 12.5. The van der Waals surface area contributed by atoms with Crippen LogP contribution in [0.1, 0.15) is 31.2 Å². The van der Waals surface area contributed by atoms with Crippen LogP contribution in [0.15, 0.2) is 9.64 Å². The Morgan fingerprint density at radius 1 is 1.43 bits per heavy atom. The van der Waals surface area contributed by atoms with E-state index < -0.39 is 5.66 Å². The molecule has 0 aromatic carbocycles. The van der Waals surface area contributed by atoms with Crippen molar-refractivity contribution in [1.82, 2.24) is 14.8 Å². The van der Waals surface area contributed by atoms with Crippen molar-refractivity contribution in [2.24, 2.45) is 0 Å².